The Balaban J connectivity index is 1.27. The molecule has 6 nitrogen and oxygen atoms in total. The van der Waals surface area contributed by atoms with Crippen molar-refractivity contribution in [2.24, 2.45) is 0 Å². The van der Waals surface area contributed by atoms with Gasteiger partial charge < -0.3 is 8.94 Å². The van der Waals surface area contributed by atoms with Crippen LogP contribution in [0.25, 0.3) is 33.9 Å². The minimum Gasteiger partial charge on any atom is -0.404 e. The third-order valence-corrected chi connectivity index (χ3v) is 6.39. The lowest BCUT2D eigenvalue weighted by atomic mass is 9.99. The van der Waals surface area contributed by atoms with E-state index < -0.39 is 0 Å². The maximum atomic E-state index is 8.24. The molecule has 0 saturated heterocycles. The summed E-state index contributed by atoms with van der Waals surface area (Å²) < 4.78 is 12.8. The normalized spacial score (nSPS) is 13.3. The summed E-state index contributed by atoms with van der Waals surface area (Å²) >= 11 is 0. The predicted molar refractivity (Wildman–Crippen MR) is 129 cm³/mol. The number of hydrogen-bond acceptors (Lipinski definition) is 5. The van der Waals surface area contributed by atoms with Crippen molar-refractivity contribution in [1.82, 2.24) is 14.9 Å². The first kappa shape index (κ1) is 20.4. The number of benzene rings is 3. The predicted octanol–water partition coefficient (Wildman–Crippen LogP) is 6.18. The third kappa shape index (κ3) is 3.88. The molecule has 5 aromatic rings. The van der Waals surface area contributed by atoms with Gasteiger partial charge >= 0.3 is 5.68 Å². The summed E-state index contributed by atoms with van der Waals surface area (Å²) in [5.41, 5.74) is 7.21. The van der Waals surface area contributed by atoms with Crippen LogP contribution in [0.2, 0.25) is 0 Å². The smallest absolute Gasteiger partial charge is 0.312 e. The van der Waals surface area contributed by atoms with Gasteiger partial charge in [0.05, 0.1) is 12.2 Å². The van der Waals surface area contributed by atoms with Crippen LogP contribution in [0.5, 0.6) is 0 Å². The van der Waals surface area contributed by atoms with E-state index in [-0.39, 0.29) is 5.68 Å². The highest BCUT2D eigenvalue weighted by Crippen LogP contribution is 2.40. The first-order valence-electron chi connectivity index (χ1n) is 11.5. The summed E-state index contributed by atoms with van der Waals surface area (Å²) in [7, 11) is 0. The van der Waals surface area contributed by atoms with Crippen LogP contribution in [0, 0.1) is 12.3 Å². The van der Waals surface area contributed by atoms with Crippen LogP contribution in [0.3, 0.4) is 0 Å². The Kier molecular flexibility index (Phi) is 4.99. The van der Waals surface area contributed by atoms with Crippen LogP contribution in [0.1, 0.15) is 35.6 Å². The van der Waals surface area contributed by atoms with Crippen LogP contribution in [-0.2, 0) is 6.54 Å². The molecule has 1 N–H and O–H groups in total. The van der Waals surface area contributed by atoms with Gasteiger partial charge in [0, 0.05) is 16.7 Å². The van der Waals surface area contributed by atoms with E-state index in [0.29, 0.717) is 18.2 Å². The van der Waals surface area contributed by atoms with Gasteiger partial charge in [0.25, 0.3) is 0 Å². The summed E-state index contributed by atoms with van der Waals surface area (Å²) in [6.45, 7) is 2.24. The molecule has 0 unspecified atom stereocenters. The molecule has 0 bridgehead atoms. The first-order chi connectivity index (χ1) is 16.7. The number of nitrogens with one attached hydrogen (secondary N) is 1. The highest BCUT2D eigenvalue weighted by atomic mass is 16.5. The Morgan fingerprint density at radius 3 is 2.18 bits per heavy atom. The van der Waals surface area contributed by atoms with Gasteiger partial charge in [0.15, 0.2) is 5.76 Å². The molecule has 3 aromatic carbocycles. The Bertz CT molecular complexity index is 1490. The summed E-state index contributed by atoms with van der Waals surface area (Å²) in [5, 5.41) is 16.9. The summed E-state index contributed by atoms with van der Waals surface area (Å²) in [4.78, 5) is 0. The van der Waals surface area contributed by atoms with E-state index in [9.17, 15) is 0 Å². The number of rotatable bonds is 6. The molecule has 0 aliphatic heterocycles. The second-order valence-corrected chi connectivity index (χ2v) is 8.79. The standard InChI is InChI=1S/C28H24N4O2/c1-18-25(17-32-28(29)33-27(30-32)24-5-3-2-4-6-24)26(34-31-18)23-15-13-22(14-16-23)21-11-9-20(10-12-21)19-7-8-19/h2-6,9-16,19,29H,7-8,17H2,1H3. The summed E-state index contributed by atoms with van der Waals surface area (Å²) in [5.74, 6) is 1.86. The molecule has 34 heavy (non-hydrogen) atoms. The Morgan fingerprint density at radius 1 is 0.853 bits per heavy atom. The lowest BCUT2D eigenvalue weighted by molar-refractivity contribution is 0.426. The van der Waals surface area contributed by atoms with Gasteiger partial charge in [-0.3, -0.25) is 0 Å². The van der Waals surface area contributed by atoms with Crippen LogP contribution >= 0.6 is 0 Å². The van der Waals surface area contributed by atoms with Gasteiger partial charge in [0.1, 0.15) is 0 Å². The van der Waals surface area contributed by atoms with E-state index in [0.717, 1.165) is 33.9 Å². The molecule has 1 aliphatic rings. The van der Waals surface area contributed by atoms with Crippen molar-refractivity contribution in [2.45, 2.75) is 32.2 Å². The van der Waals surface area contributed by atoms with Gasteiger partial charge in [-0.25, -0.2) is 10.1 Å². The molecule has 1 aliphatic carbocycles. The number of nitrogens with zero attached hydrogens (tertiary/aromatic N) is 3. The Hall–Kier alpha value is -4.19. The molecule has 2 aromatic heterocycles. The molecule has 1 fully saturated rings. The minimum absolute atomic E-state index is 0.0182. The Morgan fingerprint density at radius 2 is 1.50 bits per heavy atom. The van der Waals surface area contributed by atoms with E-state index in [2.05, 4.69) is 58.8 Å². The van der Waals surface area contributed by atoms with Crippen molar-refractivity contribution in [3.05, 3.63) is 101 Å². The molecule has 0 atom stereocenters. The van der Waals surface area contributed by atoms with Crippen molar-refractivity contribution in [1.29, 1.82) is 5.41 Å². The maximum Gasteiger partial charge on any atom is 0.312 e. The van der Waals surface area contributed by atoms with Crippen molar-refractivity contribution in [3.63, 3.8) is 0 Å². The van der Waals surface area contributed by atoms with E-state index in [1.54, 1.807) is 0 Å². The quantitative estimate of drug-likeness (QED) is 0.336. The van der Waals surface area contributed by atoms with Crippen molar-refractivity contribution in [3.8, 4) is 33.9 Å². The Labute approximate surface area is 197 Å². The van der Waals surface area contributed by atoms with Crippen molar-refractivity contribution in [2.75, 3.05) is 0 Å². The number of hydrogen-bond donors (Lipinski definition) is 1. The second kappa shape index (κ2) is 8.30. The molecule has 0 amide bonds. The molecular formula is C28H24N4O2. The van der Waals surface area contributed by atoms with Gasteiger partial charge in [-0.15, -0.1) is 5.10 Å². The highest BCUT2D eigenvalue weighted by Gasteiger charge is 2.23. The first-order valence-corrected chi connectivity index (χ1v) is 11.5. The van der Waals surface area contributed by atoms with Crippen molar-refractivity contribution < 1.29 is 8.94 Å². The van der Waals surface area contributed by atoms with Gasteiger partial charge in [-0.2, -0.15) is 0 Å². The van der Waals surface area contributed by atoms with Gasteiger partial charge in [-0.05, 0) is 54.5 Å². The molecule has 6 heteroatoms. The van der Waals surface area contributed by atoms with Gasteiger partial charge in [-0.1, -0.05) is 71.9 Å². The molecule has 6 rings (SSSR count). The van der Waals surface area contributed by atoms with E-state index in [1.165, 1.54) is 28.7 Å². The minimum atomic E-state index is -0.0182. The summed E-state index contributed by atoms with van der Waals surface area (Å²) in [6, 6.07) is 26.8. The zero-order valence-corrected chi connectivity index (χ0v) is 18.9. The molecule has 1 saturated carbocycles. The monoisotopic (exact) mass is 448 g/mol. The fourth-order valence-corrected chi connectivity index (χ4v) is 4.25. The van der Waals surface area contributed by atoms with E-state index in [1.807, 2.05) is 37.3 Å². The zero-order chi connectivity index (χ0) is 23.1. The van der Waals surface area contributed by atoms with Crippen LogP contribution in [-0.4, -0.2) is 14.9 Å². The second-order valence-electron chi connectivity index (χ2n) is 8.79. The molecule has 168 valence electrons. The number of aromatic nitrogens is 3. The SMILES string of the molecule is Cc1noc(-c2ccc(-c3ccc(C4CC4)cc3)cc2)c1Cn1nc(-c2ccccc2)oc1=N. The third-order valence-electron chi connectivity index (χ3n) is 6.39. The lowest BCUT2D eigenvalue weighted by Crippen LogP contribution is -2.17. The van der Waals surface area contributed by atoms with E-state index in [4.69, 9.17) is 14.3 Å². The van der Waals surface area contributed by atoms with Crippen LogP contribution in [0.4, 0.5) is 0 Å². The summed E-state index contributed by atoms with van der Waals surface area (Å²) in [6.07, 6.45) is 2.63. The number of aryl methyl sites for hydroxylation is 1. The van der Waals surface area contributed by atoms with Crippen LogP contribution < -0.4 is 5.68 Å². The van der Waals surface area contributed by atoms with Crippen LogP contribution in [0.15, 0.2) is 87.8 Å². The van der Waals surface area contributed by atoms with Gasteiger partial charge in [0.2, 0.25) is 5.89 Å². The lowest BCUT2D eigenvalue weighted by Gasteiger charge is -2.06. The fourth-order valence-electron chi connectivity index (χ4n) is 4.25. The molecule has 0 spiro atoms. The molecule has 0 radical (unpaired) electrons. The zero-order valence-electron chi connectivity index (χ0n) is 18.9. The molecular weight excluding hydrogens is 424 g/mol. The maximum absolute atomic E-state index is 8.24. The average Bonchev–Trinajstić information content (AvgIpc) is 3.58. The fraction of sp³-hybridized carbons (Fsp3) is 0.179. The van der Waals surface area contributed by atoms with Crippen molar-refractivity contribution >= 4 is 0 Å². The highest BCUT2D eigenvalue weighted by molar-refractivity contribution is 5.70. The average molecular weight is 449 g/mol. The topological polar surface area (TPSA) is 80.8 Å². The largest absolute Gasteiger partial charge is 0.404 e. The molecule has 2 heterocycles. The van der Waals surface area contributed by atoms with E-state index >= 15 is 0 Å².